The summed E-state index contributed by atoms with van der Waals surface area (Å²) in [6.07, 6.45) is 0.896. The summed E-state index contributed by atoms with van der Waals surface area (Å²) < 4.78 is 5.36. The van der Waals surface area contributed by atoms with E-state index >= 15 is 0 Å². The summed E-state index contributed by atoms with van der Waals surface area (Å²) in [5.41, 5.74) is 5.70. The van der Waals surface area contributed by atoms with Crippen LogP contribution >= 0.6 is 22.9 Å². The lowest BCUT2D eigenvalue weighted by molar-refractivity contribution is 0.267. The minimum absolute atomic E-state index is 0.136. The fraction of sp³-hybridized carbons (Fsp3) is 0.429. The van der Waals surface area contributed by atoms with Crippen LogP contribution in [0.3, 0.4) is 0 Å². The molecule has 60 valence electrons. The van der Waals surface area contributed by atoms with Crippen molar-refractivity contribution >= 4 is 22.9 Å². The maximum absolute atomic E-state index is 5.85. The summed E-state index contributed by atoms with van der Waals surface area (Å²) in [5, 5.41) is 2.61. The van der Waals surface area contributed by atoms with Gasteiger partial charge in [0.1, 0.15) is 6.61 Å². The molecule has 0 aliphatic carbocycles. The van der Waals surface area contributed by atoms with Gasteiger partial charge in [-0.3, -0.25) is 0 Å². The van der Waals surface area contributed by atoms with Gasteiger partial charge in [0, 0.05) is 22.7 Å². The molecule has 1 aromatic heterocycles. The highest BCUT2D eigenvalue weighted by atomic mass is 35.5. The topological polar surface area (TPSA) is 35.2 Å². The van der Waals surface area contributed by atoms with Gasteiger partial charge in [0.15, 0.2) is 5.75 Å². The van der Waals surface area contributed by atoms with Crippen molar-refractivity contribution in [3.63, 3.8) is 0 Å². The first-order valence-corrected chi connectivity index (χ1v) is 4.67. The van der Waals surface area contributed by atoms with E-state index < -0.39 is 0 Å². The van der Waals surface area contributed by atoms with Crippen molar-refractivity contribution in [1.29, 1.82) is 0 Å². The van der Waals surface area contributed by atoms with Gasteiger partial charge in [0.2, 0.25) is 0 Å². The Morgan fingerprint density at radius 1 is 1.73 bits per heavy atom. The van der Waals surface area contributed by atoms with Gasteiger partial charge in [-0.05, 0) is 0 Å². The van der Waals surface area contributed by atoms with Crippen LogP contribution in [0, 0.1) is 0 Å². The average Bonchev–Trinajstić information content (AvgIpc) is 2.32. The molecule has 0 saturated carbocycles. The van der Waals surface area contributed by atoms with Crippen LogP contribution < -0.4 is 10.5 Å². The van der Waals surface area contributed by atoms with Gasteiger partial charge >= 0.3 is 0 Å². The maximum atomic E-state index is 5.85. The van der Waals surface area contributed by atoms with Crippen molar-refractivity contribution in [3.05, 3.63) is 15.3 Å². The van der Waals surface area contributed by atoms with E-state index in [1.165, 1.54) is 4.88 Å². The van der Waals surface area contributed by atoms with Gasteiger partial charge in [-0.1, -0.05) is 11.6 Å². The number of nitrogens with two attached hydrogens (primary N) is 1. The van der Waals surface area contributed by atoms with Crippen LogP contribution in [-0.4, -0.2) is 12.6 Å². The third-order valence-electron chi connectivity index (χ3n) is 1.66. The van der Waals surface area contributed by atoms with Crippen LogP contribution in [0.4, 0.5) is 0 Å². The summed E-state index contributed by atoms with van der Waals surface area (Å²) in [6.45, 7) is 0.587. The van der Waals surface area contributed by atoms with E-state index in [0.29, 0.717) is 6.61 Å². The molecule has 2 nitrogen and oxygen atoms in total. The molecule has 11 heavy (non-hydrogen) atoms. The van der Waals surface area contributed by atoms with E-state index in [-0.39, 0.29) is 6.04 Å². The number of rotatable bonds is 0. The third kappa shape index (κ3) is 1.24. The molecule has 2 N–H and O–H groups in total. The first-order valence-electron chi connectivity index (χ1n) is 3.41. The first-order chi connectivity index (χ1) is 5.27. The van der Waals surface area contributed by atoms with E-state index in [1.54, 1.807) is 11.3 Å². The van der Waals surface area contributed by atoms with E-state index in [0.717, 1.165) is 17.2 Å². The second-order valence-corrected chi connectivity index (χ2v) is 3.98. The third-order valence-corrected chi connectivity index (χ3v) is 3.06. The Hall–Kier alpha value is -0.250. The Labute approximate surface area is 73.9 Å². The van der Waals surface area contributed by atoms with Gasteiger partial charge in [0.05, 0.1) is 5.02 Å². The number of fused-ring (bicyclic) bond motifs is 1. The van der Waals surface area contributed by atoms with E-state index in [9.17, 15) is 0 Å². The fourth-order valence-electron chi connectivity index (χ4n) is 1.14. The lowest BCUT2D eigenvalue weighted by Crippen LogP contribution is -2.33. The van der Waals surface area contributed by atoms with Crippen molar-refractivity contribution in [2.24, 2.45) is 5.73 Å². The molecule has 1 aromatic rings. The summed E-state index contributed by atoms with van der Waals surface area (Å²) in [5.74, 6) is 0.846. The molecule has 2 rings (SSSR count). The van der Waals surface area contributed by atoms with E-state index in [1.807, 2.05) is 5.38 Å². The highest BCUT2D eigenvalue weighted by molar-refractivity contribution is 7.10. The molecular formula is C7H8ClNOS. The fourth-order valence-corrected chi connectivity index (χ4v) is 2.44. The highest BCUT2D eigenvalue weighted by Crippen LogP contribution is 2.37. The van der Waals surface area contributed by atoms with Crippen molar-refractivity contribution in [1.82, 2.24) is 0 Å². The van der Waals surface area contributed by atoms with Crippen LogP contribution in [0.15, 0.2) is 5.38 Å². The quantitative estimate of drug-likeness (QED) is 0.674. The van der Waals surface area contributed by atoms with Crippen molar-refractivity contribution in [3.8, 4) is 5.75 Å². The van der Waals surface area contributed by atoms with Crippen LogP contribution in [0.1, 0.15) is 4.88 Å². The number of ether oxygens (including phenoxy) is 1. The smallest absolute Gasteiger partial charge is 0.151 e. The van der Waals surface area contributed by atoms with Gasteiger partial charge < -0.3 is 10.5 Å². The lowest BCUT2D eigenvalue weighted by atomic mass is 10.1. The monoisotopic (exact) mass is 189 g/mol. The van der Waals surface area contributed by atoms with Gasteiger partial charge in [-0.25, -0.2) is 0 Å². The molecule has 1 atom stereocenters. The van der Waals surface area contributed by atoms with Crippen LogP contribution in [0.5, 0.6) is 5.75 Å². The summed E-state index contributed by atoms with van der Waals surface area (Å²) >= 11 is 7.47. The predicted molar refractivity (Wildman–Crippen MR) is 46.5 cm³/mol. The van der Waals surface area contributed by atoms with Gasteiger partial charge in [0.25, 0.3) is 0 Å². The van der Waals surface area contributed by atoms with Crippen molar-refractivity contribution in [2.75, 3.05) is 6.61 Å². The molecule has 1 aliphatic rings. The average molecular weight is 190 g/mol. The largest absolute Gasteiger partial charge is 0.489 e. The molecule has 0 saturated heterocycles. The Kier molecular flexibility index (Phi) is 1.79. The molecule has 0 bridgehead atoms. The van der Waals surface area contributed by atoms with Crippen LogP contribution in [0.2, 0.25) is 5.02 Å². The van der Waals surface area contributed by atoms with E-state index in [4.69, 9.17) is 22.1 Å². The van der Waals surface area contributed by atoms with Crippen LogP contribution in [-0.2, 0) is 6.42 Å². The second kappa shape index (κ2) is 2.66. The highest BCUT2D eigenvalue weighted by Gasteiger charge is 2.20. The Morgan fingerprint density at radius 2 is 2.55 bits per heavy atom. The van der Waals surface area contributed by atoms with Crippen LogP contribution in [0.25, 0.3) is 0 Å². The summed E-state index contributed by atoms with van der Waals surface area (Å²) in [7, 11) is 0. The predicted octanol–water partition coefficient (Wildman–Crippen LogP) is 1.66. The molecule has 0 radical (unpaired) electrons. The number of hydrogen-bond acceptors (Lipinski definition) is 3. The SMILES string of the molecule is NC1COc2c(Cl)csc2C1. The van der Waals surface area contributed by atoms with Gasteiger partial charge in [-0.2, -0.15) is 0 Å². The molecular weight excluding hydrogens is 182 g/mol. The normalized spacial score (nSPS) is 22.5. The number of halogens is 1. The molecule has 0 fully saturated rings. The zero-order valence-electron chi connectivity index (χ0n) is 5.84. The Bertz CT molecular complexity index is 273. The summed E-state index contributed by atoms with van der Waals surface area (Å²) in [4.78, 5) is 1.17. The molecule has 2 heterocycles. The molecule has 0 spiro atoms. The Balaban J connectivity index is 2.36. The summed E-state index contributed by atoms with van der Waals surface area (Å²) in [6, 6.07) is 0.136. The molecule has 1 aliphatic heterocycles. The lowest BCUT2D eigenvalue weighted by Gasteiger charge is -2.19. The first kappa shape index (κ1) is 7.40. The Morgan fingerprint density at radius 3 is 3.36 bits per heavy atom. The second-order valence-electron chi connectivity index (χ2n) is 2.61. The maximum Gasteiger partial charge on any atom is 0.151 e. The zero-order valence-corrected chi connectivity index (χ0v) is 7.41. The number of hydrogen-bond donors (Lipinski definition) is 1. The number of thiophene rings is 1. The molecule has 0 amide bonds. The van der Waals surface area contributed by atoms with Crippen molar-refractivity contribution in [2.45, 2.75) is 12.5 Å². The van der Waals surface area contributed by atoms with E-state index in [2.05, 4.69) is 0 Å². The standard InChI is InChI=1S/C7H8ClNOS/c8-5-3-11-6-1-4(9)2-10-7(5)6/h3-4H,1-2,9H2. The molecule has 0 aromatic carbocycles. The minimum Gasteiger partial charge on any atom is -0.489 e. The zero-order chi connectivity index (χ0) is 7.84. The molecule has 4 heteroatoms. The van der Waals surface area contributed by atoms with Crippen molar-refractivity contribution < 1.29 is 4.74 Å². The minimum atomic E-state index is 0.136. The molecule has 1 unspecified atom stereocenters. The van der Waals surface area contributed by atoms with Gasteiger partial charge in [-0.15, -0.1) is 11.3 Å².